The average molecular weight is 222 g/mol. The Hall–Kier alpha value is -1.75. The highest BCUT2D eigenvalue weighted by molar-refractivity contribution is 5.95. The van der Waals surface area contributed by atoms with Crippen molar-refractivity contribution < 1.29 is 4.79 Å². The maximum atomic E-state index is 11.7. The van der Waals surface area contributed by atoms with Gasteiger partial charge in [0.1, 0.15) is 0 Å². The maximum absolute atomic E-state index is 11.7. The summed E-state index contributed by atoms with van der Waals surface area (Å²) in [5.74, 6) is -0.0456. The summed E-state index contributed by atoms with van der Waals surface area (Å²) in [6.45, 7) is 1.15. The number of anilines is 2. The summed E-state index contributed by atoms with van der Waals surface area (Å²) in [6, 6.07) is 5.17. The zero-order valence-corrected chi connectivity index (χ0v) is 9.66. The monoisotopic (exact) mass is 222 g/mol. The van der Waals surface area contributed by atoms with Crippen molar-refractivity contribution in [1.82, 2.24) is 4.90 Å². The number of nitrogens with two attached hydrogens (primary N) is 2. The van der Waals surface area contributed by atoms with Crippen LogP contribution in [0.25, 0.3) is 0 Å². The van der Waals surface area contributed by atoms with Gasteiger partial charge in [-0.05, 0) is 18.2 Å². The van der Waals surface area contributed by atoms with Gasteiger partial charge in [0.2, 0.25) is 0 Å². The number of benzene rings is 1. The molecule has 0 heterocycles. The van der Waals surface area contributed by atoms with Crippen LogP contribution in [0.2, 0.25) is 0 Å². The minimum Gasteiger partial charge on any atom is -0.397 e. The molecular weight excluding hydrogens is 204 g/mol. The van der Waals surface area contributed by atoms with E-state index in [1.165, 1.54) is 4.90 Å². The van der Waals surface area contributed by atoms with Crippen LogP contribution in [0.15, 0.2) is 18.2 Å². The Morgan fingerprint density at radius 2 is 2.12 bits per heavy atom. The first-order valence-corrected chi connectivity index (χ1v) is 5.11. The molecule has 1 aromatic carbocycles. The highest BCUT2D eigenvalue weighted by atomic mass is 16.2. The minimum absolute atomic E-state index is 0.0456. The van der Waals surface area contributed by atoms with E-state index in [-0.39, 0.29) is 5.91 Å². The van der Waals surface area contributed by atoms with E-state index in [9.17, 15) is 4.79 Å². The second-order valence-electron chi connectivity index (χ2n) is 3.72. The molecule has 0 spiro atoms. The molecular formula is C11H18N4O. The van der Waals surface area contributed by atoms with Gasteiger partial charge in [-0.1, -0.05) is 0 Å². The smallest absolute Gasteiger partial charge is 0.253 e. The zero-order valence-electron chi connectivity index (χ0n) is 9.66. The first-order chi connectivity index (χ1) is 7.56. The number of hydrogen-bond acceptors (Lipinski definition) is 4. The Balaban J connectivity index is 2.93. The fraction of sp³-hybridized carbons (Fsp3) is 0.364. The Kier molecular flexibility index (Phi) is 4.13. The normalized spacial score (nSPS) is 9.94. The van der Waals surface area contributed by atoms with Gasteiger partial charge in [-0.15, -0.1) is 0 Å². The summed E-state index contributed by atoms with van der Waals surface area (Å²) in [5, 5.41) is 3.08. The Morgan fingerprint density at radius 3 is 2.69 bits per heavy atom. The van der Waals surface area contributed by atoms with E-state index in [0.29, 0.717) is 24.3 Å². The van der Waals surface area contributed by atoms with Crippen molar-refractivity contribution in [2.45, 2.75) is 0 Å². The molecule has 0 saturated carbocycles. The van der Waals surface area contributed by atoms with E-state index in [0.717, 1.165) is 5.69 Å². The highest BCUT2D eigenvalue weighted by Gasteiger charge is 2.09. The lowest BCUT2D eigenvalue weighted by Gasteiger charge is -2.13. The van der Waals surface area contributed by atoms with Crippen LogP contribution in [0.4, 0.5) is 11.4 Å². The number of rotatable bonds is 4. The summed E-state index contributed by atoms with van der Waals surface area (Å²) in [5.41, 5.74) is 13.1. The van der Waals surface area contributed by atoms with Gasteiger partial charge in [0.15, 0.2) is 0 Å². The Morgan fingerprint density at radius 1 is 1.44 bits per heavy atom. The van der Waals surface area contributed by atoms with Crippen LogP contribution in [0.1, 0.15) is 10.4 Å². The Bertz CT molecular complexity index is 376. The first kappa shape index (κ1) is 12.3. The summed E-state index contributed by atoms with van der Waals surface area (Å²) < 4.78 is 0. The van der Waals surface area contributed by atoms with E-state index < -0.39 is 0 Å². The molecule has 0 aromatic heterocycles. The molecule has 0 aliphatic carbocycles. The molecule has 0 fully saturated rings. The summed E-state index contributed by atoms with van der Waals surface area (Å²) >= 11 is 0. The highest BCUT2D eigenvalue weighted by Crippen LogP contribution is 2.20. The quantitative estimate of drug-likeness (QED) is 0.641. The molecule has 5 heteroatoms. The average Bonchev–Trinajstić information content (AvgIpc) is 2.27. The zero-order chi connectivity index (χ0) is 12.1. The number of carbonyl (C=O) groups excluding carboxylic acids is 1. The summed E-state index contributed by atoms with van der Waals surface area (Å²) in [7, 11) is 3.43. The molecule has 5 N–H and O–H groups in total. The van der Waals surface area contributed by atoms with Crippen molar-refractivity contribution in [3.63, 3.8) is 0 Å². The van der Waals surface area contributed by atoms with Crippen LogP contribution in [-0.4, -0.2) is 38.0 Å². The predicted molar refractivity (Wildman–Crippen MR) is 66.4 cm³/mol. The van der Waals surface area contributed by atoms with Gasteiger partial charge < -0.3 is 21.7 Å². The van der Waals surface area contributed by atoms with Crippen LogP contribution in [0, 0.1) is 0 Å². The molecule has 0 atom stereocenters. The van der Waals surface area contributed by atoms with Gasteiger partial charge in [-0.25, -0.2) is 0 Å². The largest absolute Gasteiger partial charge is 0.397 e. The topological polar surface area (TPSA) is 84.4 Å². The molecule has 1 amide bonds. The van der Waals surface area contributed by atoms with Gasteiger partial charge in [0.25, 0.3) is 5.91 Å². The predicted octanol–water partition coefficient (Wildman–Crippen LogP) is 0.341. The van der Waals surface area contributed by atoms with Crippen molar-refractivity contribution in [2.24, 2.45) is 5.73 Å². The van der Waals surface area contributed by atoms with E-state index in [2.05, 4.69) is 5.32 Å². The van der Waals surface area contributed by atoms with Crippen LogP contribution >= 0.6 is 0 Å². The van der Waals surface area contributed by atoms with Gasteiger partial charge in [0.05, 0.1) is 11.4 Å². The number of hydrogen-bond donors (Lipinski definition) is 3. The van der Waals surface area contributed by atoms with Gasteiger partial charge in [-0.2, -0.15) is 0 Å². The summed E-state index contributed by atoms with van der Waals surface area (Å²) in [4.78, 5) is 13.2. The first-order valence-electron chi connectivity index (χ1n) is 5.11. The third-order valence-corrected chi connectivity index (χ3v) is 2.17. The molecule has 1 aromatic rings. The number of nitrogens with one attached hydrogen (secondary N) is 1. The number of amides is 1. The number of nitrogens with zero attached hydrogens (tertiary/aromatic N) is 1. The SMILES string of the molecule is CN(C)C(=O)c1ccc(N)c(NCCN)c1. The van der Waals surface area contributed by atoms with Gasteiger partial charge in [0, 0.05) is 32.7 Å². The van der Waals surface area contributed by atoms with Crippen LogP contribution < -0.4 is 16.8 Å². The third kappa shape index (κ3) is 2.87. The molecule has 5 nitrogen and oxygen atoms in total. The van der Waals surface area contributed by atoms with E-state index in [1.54, 1.807) is 32.3 Å². The number of nitrogen functional groups attached to an aromatic ring is 1. The second-order valence-corrected chi connectivity index (χ2v) is 3.72. The third-order valence-electron chi connectivity index (χ3n) is 2.17. The van der Waals surface area contributed by atoms with Gasteiger partial charge >= 0.3 is 0 Å². The molecule has 16 heavy (non-hydrogen) atoms. The maximum Gasteiger partial charge on any atom is 0.253 e. The molecule has 1 rings (SSSR count). The molecule has 88 valence electrons. The minimum atomic E-state index is -0.0456. The fourth-order valence-electron chi connectivity index (χ4n) is 1.31. The molecule has 0 bridgehead atoms. The lowest BCUT2D eigenvalue weighted by Crippen LogP contribution is -2.22. The standard InChI is InChI=1S/C11H18N4O/c1-15(2)11(16)8-3-4-9(13)10(7-8)14-6-5-12/h3-4,7,14H,5-6,12-13H2,1-2H3. The fourth-order valence-corrected chi connectivity index (χ4v) is 1.31. The van der Waals surface area contributed by atoms with E-state index in [4.69, 9.17) is 11.5 Å². The van der Waals surface area contributed by atoms with Gasteiger partial charge in [-0.3, -0.25) is 4.79 Å². The van der Waals surface area contributed by atoms with Crippen molar-refractivity contribution in [2.75, 3.05) is 38.2 Å². The van der Waals surface area contributed by atoms with Crippen molar-refractivity contribution in [1.29, 1.82) is 0 Å². The summed E-state index contributed by atoms with van der Waals surface area (Å²) in [6.07, 6.45) is 0. The van der Waals surface area contributed by atoms with E-state index >= 15 is 0 Å². The molecule has 0 aliphatic rings. The number of carbonyl (C=O) groups is 1. The Labute approximate surface area is 95.4 Å². The van der Waals surface area contributed by atoms with Crippen molar-refractivity contribution in [3.05, 3.63) is 23.8 Å². The molecule has 0 radical (unpaired) electrons. The van der Waals surface area contributed by atoms with Crippen LogP contribution in [0.3, 0.4) is 0 Å². The lowest BCUT2D eigenvalue weighted by atomic mass is 10.1. The lowest BCUT2D eigenvalue weighted by molar-refractivity contribution is 0.0827. The molecule has 0 unspecified atom stereocenters. The van der Waals surface area contributed by atoms with Crippen LogP contribution in [0.5, 0.6) is 0 Å². The second kappa shape index (κ2) is 5.37. The van der Waals surface area contributed by atoms with E-state index in [1.807, 2.05) is 0 Å². The molecule has 0 saturated heterocycles. The van der Waals surface area contributed by atoms with Crippen LogP contribution in [-0.2, 0) is 0 Å². The van der Waals surface area contributed by atoms with Crippen molar-refractivity contribution in [3.8, 4) is 0 Å². The van der Waals surface area contributed by atoms with Crippen molar-refractivity contribution >= 4 is 17.3 Å². The molecule has 0 aliphatic heterocycles.